The first kappa shape index (κ1) is 16.6. The van der Waals surface area contributed by atoms with Gasteiger partial charge in [-0.25, -0.2) is 0 Å². The lowest BCUT2D eigenvalue weighted by molar-refractivity contribution is 0.0957. The average Bonchev–Trinajstić information content (AvgIpc) is 3.28. The Morgan fingerprint density at radius 2 is 1.95 bits per heavy atom. The zero-order valence-corrected chi connectivity index (χ0v) is 14.6. The molecule has 0 aliphatic heterocycles. The molecule has 2 rings (SSSR count). The second-order valence-corrected chi connectivity index (χ2v) is 8.25. The lowest BCUT2D eigenvalue weighted by Crippen LogP contribution is -2.47. The van der Waals surface area contributed by atoms with Crippen molar-refractivity contribution in [2.75, 3.05) is 32.1 Å². The van der Waals surface area contributed by atoms with Crippen molar-refractivity contribution in [2.45, 2.75) is 70.4 Å². The third-order valence-electron chi connectivity index (χ3n) is 5.33. The van der Waals surface area contributed by atoms with Gasteiger partial charge in [-0.1, -0.05) is 19.3 Å². The summed E-state index contributed by atoms with van der Waals surface area (Å²) in [7, 11) is 2.35. The van der Waals surface area contributed by atoms with E-state index in [4.69, 9.17) is 0 Å². The number of hydrogen-bond acceptors (Lipinski definition) is 3. The molecule has 3 heteroatoms. The Morgan fingerprint density at radius 3 is 2.55 bits per heavy atom. The van der Waals surface area contributed by atoms with Gasteiger partial charge in [-0.2, -0.15) is 11.8 Å². The summed E-state index contributed by atoms with van der Waals surface area (Å²) in [6.07, 6.45) is 13.6. The van der Waals surface area contributed by atoms with Crippen LogP contribution in [0.2, 0.25) is 0 Å². The summed E-state index contributed by atoms with van der Waals surface area (Å²) in [4.78, 5) is 2.64. The molecule has 118 valence electrons. The zero-order valence-electron chi connectivity index (χ0n) is 13.8. The Labute approximate surface area is 130 Å². The van der Waals surface area contributed by atoms with E-state index in [9.17, 15) is 0 Å². The SMILES string of the molecule is CSCCC(C)N(C)CC1(CNC2CC2)CCCCC1. The van der Waals surface area contributed by atoms with E-state index >= 15 is 0 Å². The molecule has 1 unspecified atom stereocenters. The normalized spacial score (nSPS) is 24.0. The van der Waals surface area contributed by atoms with Gasteiger partial charge in [-0.15, -0.1) is 0 Å². The van der Waals surface area contributed by atoms with Crippen LogP contribution in [0.4, 0.5) is 0 Å². The Morgan fingerprint density at radius 1 is 1.25 bits per heavy atom. The van der Waals surface area contributed by atoms with E-state index in [-0.39, 0.29) is 0 Å². The monoisotopic (exact) mass is 298 g/mol. The topological polar surface area (TPSA) is 15.3 Å². The quantitative estimate of drug-likeness (QED) is 0.698. The molecule has 0 bridgehead atoms. The highest BCUT2D eigenvalue weighted by atomic mass is 32.2. The lowest BCUT2D eigenvalue weighted by Gasteiger charge is -2.42. The first-order valence-corrected chi connectivity index (χ1v) is 9.97. The highest BCUT2D eigenvalue weighted by Crippen LogP contribution is 2.37. The summed E-state index contributed by atoms with van der Waals surface area (Å²) in [5.41, 5.74) is 0.559. The number of thioether (sulfide) groups is 1. The average molecular weight is 299 g/mol. The molecule has 2 aliphatic carbocycles. The van der Waals surface area contributed by atoms with Gasteiger partial charge in [0, 0.05) is 25.2 Å². The number of hydrogen-bond donors (Lipinski definition) is 1. The van der Waals surface area contributed by atoms with Crippen LogP contribution >= 0.6 is 11.8 Å². The van der Waals surface area contributed by atoms with E-state index in [1.807, 2.05) is 11.8 Å². The molecule has 1 atom stereocenters. The largest absolute Gasteiger partial charge is 0.313 e. The van der Waals surface area contributed by atoms with Crippen LogP contribution in [0.15, 0.2) is 0 Å². The second kappa shape index (κ2) is 8.05. The van der Waals surface area contributed by atoms with Crippen LogP contribution in [0.3, 0.4) is 0 Å². The molecular weight excluding hydrogens is 264 g/mol. The van der Waals surface area contributed by atoms with Crippen LogP contribution in [-0.4, -0.2) is 49.1 Å². The summed E-state index contributed by atoms with van der Waals surface area (Å²) < 4.78 is 0. The van der Waals surface area contributed by atoms with Crippen LogP contribution in [0.1, 0.15) is 58.3 Å². The molecule has 0 heterocycles. The first-order valence-electron chi connectivity index (χ1n) is 8.58. The molecule has 0 saturated heterocycles. The van der Waals surface area contributed by atoms with Gasteiger partial charge in [-0.3, -0.25) is 0 Å². The Kier molecular flexibility index (Phi) is 6.70. The molecule has 0 aromatic rings. The maximum atomic E-state index is 3.82. The number of nitrogens with zero attached hydrogens (tertiary/aromatic N) is 1. The molecule has 0 aromatic carbocycles. The Hall–Kier alpha value is 0.270. The fourth-order valence-electron chi connectivity index (χ4n) is 3.53. The first-order chi connectivity index (χ1) is 9.65. The lowest BCUT2D eigenvalue weighted by atomic mass is 9.73. The van der Waals surface area contributed by atoms with Crippen LogP contribution in [0.5, 0.6) is 0 Å². The predicted octanol–water partition coefficient (Wildman–Crippen LogP) is 3.76. The highest BCUT2D eigenvalue weighted by Gasteiger charge is 2.35. The van der Waals surface area contributed by atoms with E-state index in [1.165, 1.54) is 70.2 Å². The van der Waals surface area contributed by atoms with Crippen molar-refractivity contribution in [1.29, 1.82) is 0 Å². The van der Waals surface area contributed by atoms with Gasteiger partial charge in [0.2, 0.25) is 0 Å². The van der Waals surface area contributed by atoms with Crippen molar-refractivity contribution in [1.82, 2.24) is 10.2 Å². The van der Waals surface area contributed by atoms with E-state index in [1.54, 1.807) is 0 Å². The third-order valence-corrected chi connectivity index (χ3v) is 5.98. The van der Waals surface area contributed by atoms with Crippen molar-refractivity contribution in [3.05, 3.63) is 0 Å². The van der Waals surface area contributed by atoms with E-state index in [0.29, 0.717) is 5.41 Å². The van der Waals surface area contributed by atoms with E-state index in [2.05, 4.69) is 30.4 Å². The molecule has 1 N–H and O–H groups in total. The van der Waals surface area contributed by atoms with Gasteiger partial charge in [0.15, 0.2) is 0 Å². The van der Waals surface area contributed by atoms with E-state index in [0.717, 1.165) is 12.1 Å². The fourth-order valence-corrected chi connectivity index (χ4v) is 4.11. The van der Waals surface area contributed by atoms with Crippen molar-refractivity contribution in [3.8, 4) is 0 Å². The molecule has 0 spiro atoms. The molecule has 2 nitrogen and oxygen atoms in total. The van der Waals surface area contributed by atoms with Crippen LogP contribution in [0, 0.1) is 5.41 Å². The van der Waals surface area contributed by atoms with E-state index < -0.39 is 0 Å². The summed E-state index contributed by atoms with van der Waals surface area (Å²) in [6, 6.07) is 1.58. The minimum absolute atomic E-state index is 0.559. The molecule has 2 saturated carbocycles. The zero-order chi connectivity index (χ0) is 14.4. The van der Waals surface area contributed by atoms with Gasteiger partial charge in [0.05, 0.1) is 0 Å². The third kappa shape index (κ3) is 5.23. The molecule has 2 fully saturated rings. The van der Waals surface area contributed by atoms with Crippen LogP contribution in [0.25, 0.3) is 0 Å². The second-order valence-electron chi connectivity index (χ2n) is 7.26. The van der Waals surface area contributed by atoms with Gasteiger partial charge in [0.25, 0.3) is 0 Å². The summed E-state index contributed by atoms with van der Waals surface area (Å²) in [6.45, 7) is 4.96. The van der Waals surface area contributed by atoms with Crippen LogP contribution < -0.4 is 5.32 Å². The maximum Gasteiger partial charge on any atom is 0.00719 e. The Bertz CT molecular complexity index is 272. The minimum atomic E-state index is 0.559. The van der Waals surface area contributed by atoms with Crippen molar-refractivity contribution in [3.63, 3.8) is 0 Å². The standard InChI is InChI=1S/C17H34N2S/c1-15(9-12-20-3)19(2)14-17(10-5-4-6-11-17)13-18-16-7-8-16/h15-16,18H,4-14H2,1-3H3. The Balaban J connectivity index is 1.84. The van der Waals surface area contributed by atoms with Crippen molar-refractivity contribution in [2.24, 2.45) is 5.41 Å². The number of nitrogens with one attached hydrogen (secondary N) is 1. The number of rotatable bonds is 9. The fraction of sp³-hybridized carbons (Fsp3) is 1.00. The van der Waals surface area contributed by atoms with Crippen molar-refractivity contribution < 1.29 is 0 Å². The predicted molar refractivity (Wildman–Crippen MR) is 91.6 cm³/mol. The molecule has 0 aromatic heterocycles. The summed E-state index contributed by atoms with van der Waals surface area (Å²) in [5.74, 6) is 1.29. The van der Waals surface area contributed by atoms with Gasteiger partial charge in [0.1, 0.15) is 0 Å². The molecular formula is C17H34N2S. The van der Waals surface area contributed by atoms with Gasteiger partial charge >= 0.3 is 0 Å². The minimum Gasteiger partial charge on any atom is -0.313 e. The smallest absolute Gasteiger partial charge is 0.00719 e. The molecule has 0 radical (unpaired) electrons. The molecule has 0 amide bonds. The molecule has 20 heavy (non-hydrogen) atoms. The summed E-state index contributed by atoms with van der Waals surface area (Å²) in [5, 5.41) is 3.82. The van der Waals surface area contributed by atoms with Crippen LogP contribution in [-0.2, 0) is 0 Å². The summed E-state index contributed by atoms with van der Waals surface area (Å²) >= 11 is 1.98. The highest BCUT2D eigenvalue weighted by molar-refractivity contribution is 7.98. The van der Waals surface area contributed by atoms with Gasteiger partial charge in [-0.05, 0) is 63.5 Å². The van der Waals surface area contributed by atoms with Gasteiger partial charge < -0.3 is 10.2 Å². The molecule has 2 aliphatic rings. The van der Waals surface area contributed by atoms with Crippen molar-refractivity contribution >= 4 is 11.8 Å². The maximum absolute atomic E-state index is 3.82.